The maximum absolute atomic E-state index is 3.59. The molecule has 94 valence electrons. The number of nitrogens with one attached hydrogen (secondary N) is 1. The lowest BCUT2D eigenvalue weighted by Crippen LogP contribution is -2.33. The summed E-state index contributed by atoms with van der Waals surface area (Å²) in [6.07, 6.45) is 3.51. The summed E-state index contributed by atoms with van der Waals surface area (Å²) in [5, 5.41) is 3.59. The van der Waals surface area contributed by atoms with Crippen molar-refractivity contribution in [3.05, 3.63) is 47.5 Å². The lowest BCUT2D eigenvalue weighted by molar-refractivity contribution is 0.496. The summed E-state index contributed by atoms with van der Waals surface area (Å²) >= 11 is 0. The molecule has 0 aliphatic rings. The highest BCUT2D eigenvalue weighted by molar-refractivity contribution is 5.24. The van der Waals surface area contributed by atoms with Crippen molar-refractivity contribution >= 4 is 0 Å². The molecule has 2 atom stereocenters. The molecule has 0 aromatic heterocycles. The van der Waals surface area contributed by atoms with E-state index in [4.69, 9.17) is 0 Å². The molecule has 1 nitrogen and oxygen atoms in total. The summed E-state index contributed by atoms with van der Waals surface area (Å²) in [7, 11) is 0. The molecule has 1 heteroatoms. The largest absolute Gasteiger partial charge is 0.310 e. The van der Waals surface area contributed by atoms with Gasteiger partial charge in [-0.1, -0.05) is 55.8 Å². The predicted molar refractivity (Wildman–Crippen MR) is 76.4 cm³/mol. The molecule has 1 aromatic rings. The van der Waals surface area contributed by atoms with Crippen LogP contribution in [0.1, 0.15) is 45.6 Å². The minimum Gasteiger partial charge on any atom is -0.310 e. The van der Waals surface area contributed by atoms with Gasteiger partial charge < -0.3 is 5.32 Å². The van der Waals surface area contributed by atoms with Gasteiger partial charge in [0, 0.05) is 12.0 Å². The van der Waals surface area contributed by atoms with Crippen LogP contribution in [0.3, 0.4) is 0 Å². The van der Waals surface area contributed by atoms with Crippen molar-refractivity contribution in [2.45, 2.75) is 46.1 Å². The second-order valence-corrected chi connectivity index (χ2v) is 4.75. The molecule has 17 heavy (non-hydrogen) atoms. The first-order valence-corrected chi connectivity index (χ1v) is 6.62. The first kappa shape index (κ1) is 14.0. The Bertz CT molecular complexity index is 336. The third-order valence-corrected chi connectivity index (χ3v) is 3.05. The number of likely N-dealkylation sites (N-methyl/N-ethyl adjacent to an activating group) is 1. The van der Waals surface area contributed by atoms with Gasteiger partial charge in [0.1, 0.15) is 0 Å². The third-order valence-electron chi connectivity index (χ3n) is 3.05. The van der Waals surface area contributed by atoms with Crippen LogP contribution in [0.15, 0.2) is 42.0 Å². The summed E-state index contributed by atoms with van der Waals surface area (Å²) in [5.74, 6) is 0.561. The molecule has 0 amide bonds. The van der Waals surface area contributed by atoms with E-state index in [9.17, 15) is 0 Å². The number of rotatable bonds is 6. The standard InChI is InChI=1S/C16H25N/c1-5-15(14-10-8-7-9-11-14)16(17-6-2)12-13(3)4/h7-12,15-17H,5-6H2,1-4H3. The Hall–Kier alpha value is -1.08. The van der Waals surface area contributed by atoms with Crippen molar-refractivity contribution in [2.24, 2.45) is 0 Å². The molecule has 0 spiro atoms. The van der Waals surface area contributed by atoms with E-state index >= 15 is 0 Å². The first-order chi connectivity index (χ1) is 8.19. The van der Waals surface area contributed by atoms with E-state index in [1.807, 2.05) is 0 Å². The highest BCUT2D eigenvalue weighted by Gasteiger charge is 2.18. The fourth-order valence-corrected chi connectivity index (χ4v) is 2.31. The lowest BCUT2D eigenvalue weighted by Gasteiger charge is -2.25. The van der Waals surface area contributed by atoms with Gasteiger partial charge in [0.15, 0.2) is 0 Å². The van der Waals surface area contributed by atoms with Gasteiger partial charge in [0.25, 0.3) is 0 Å². The Morgan fingerprint density at radius 3 is 2.29 bits per heavy atom. The van der Waals surface area contributed by atoms with E-state index in [2.05, 4.69) is 69.4 Å². The second-order valence-electron chi connectivity index (χ2n) is 4.75. The monoisotopic (exact) mass is 231 g/mol. The van der Waals surface area contributed by atoms with E-state index in [0.29, 0.717) is 12.0 Å². The minimum atomic E-state index is 0.442. The van der Waals surface area contributed by atoms with Crippen LogP contribution in [0, 0.1) is 0 Å². The Morgan fingerprint density at radius 1 is 1.18 bits per heavy atom. The maximum Gasteiger partial charge on any atom is 0.0321 e. The van der Waals surface area contributed by atoms with E-state index in [-0.39, 0.29) is 0 Å². The molecular formula is C16H25N. The molecule has 1 aromatic carbocycles. The SMILES string of the molecule is CCNC(C=C(C)C)C(CC)c1ccccc1. The van der Waals surface area contributed by atoms with Crippen LogP contribution in [0.4, 0.5) is 0 Å². The van der Waals surface area contributed by atoms with E-state index in [1.54, 1.807) is 0 Å². The van der Waals surface area contributed by atoms with Gasteiger partial charge >= 0.3 is 0 Å². The molecule has 0 aliphatic carbocycles. The minimum absolute atomic E-state index is 0.442. The summed E-state index contributed by atoms with van der Waals surface area (Å²) < 4.78 is 0. The van der Waals surface area contributed by atoms with E-state index in [0.717, 1.165) is 13.0 Å². The molecule has 0 radical (unpaired) electrons. The average Bonchev–Trinajstić information content (AvgIpc) is 2.31. The fraction of sp³-hybridized carbons (Fsp3) is 0.500. The van der Waals surface area contributed by atoms with Gasteiger partial charge in [-0.2, -0.15) is 0 Å². The topological polar surface area (TPSA) is 12.0 Å². The van der Waals surface area contributed by atoms with Crippen LogP contribution in [0.2, 0.25) is 0 Å². The zero-order chi connectivity index (χ0) is 12.7. The third kappa shape index (κ3) is 4.35. The molecular weight excluding hydrogens is 206 g/mol. The lowest BCUT2D eigenvalue weighted by atomic mass is 9.88. The van der Waals surface area contributed by atoms with Crippen molar-refractivity contribution in [1.82, 2.24) is 5.32 Å². The molecule has 1 rings (SSSR count). The van der Waals surface area contributed by atoms with Gasteiger partial charge in [-0.15, -0.1) is 0 Å². The molecule has 1 N–H and O–H groups in total. The Kier molecular flexibility index (Phi) is 5.99. The van der Waals surface area contributed by atoms with Gasteiger partial charge in [0.05, 0.1) is 0 Å². The zero-order valence-electron chi connectivity index (χ0n) is 11.5. The molecule has 0 saturated carbocycles. The van der Waals surface area contributed by atoms with Crippen molar-refractivity contribution < 1.29 is 0 Å². The van der Waals surface area contributed by atoms with Gasteiger partial charge in [0.2, 0.25) is 0 Å². The summed E-state index contributed by atoms with van der Waals surface area (Å²) in [6.45, 7) is 9.78. The van der Waals surface area contributed by atoms with Crippen LogP contribution in [-0.2, 0) is 0 Å². The first-order valence-electron chi connectivity index (χ1n) is 6.62. The zero-order valence-corrected chi connectivity index (χ0v) is 11.5. The normalized spacial score (nSPS) is 14.1. The molecule has 0 bridgehead atoms. The summed E-state index contributed by atoms with van der Waals surface area (Å²) in [6, 6.07) is 11.2. The summed E-state index contributed by atoms with van der Waals surface area (Å²) in [4.78, 5) is 0. The van der Waals surface area contributed by atoms with Crippen LogP contribution < -0.4 is 5.32 Å². The van der Waals surface area contributed by atoms with Crippen LogP contribution in [0.25, 0.3) is 0 Å². The molecule has 0 saturated heterocycles. The van der Waals surface area contributed by atoms with Crippen LogP contribution >= 0.6 is 0 Å². The van der Waals surface area contributed by atoms with Crippen molar-refractivity contribution in [3.63, 3.8) is 0 Å². The molecule has 0 fully saturated rings. The van der Waals surface area contributed by atoms with E-state index in [1.165, 1.54) is 11.1 Å². The van der Waals surface area contributed by atoms with Gasteiger partial charge in [-0.3, -0.25) is 0 Å². The Morgan fingerprint density at radius 2 is 1.82 bits per heavy atom. The number of hydrogen-bond acceptors (Lipinski definition) is 1. The highest BCUT2D eigenvalue weighted by atomic mass is 14.9. The van der Waals surface area contributed by atoms with Crippen molar-refractivity contribution in [2.75, 3.05) is 6.54 Å². The molecule has 0 heterocycles. The van der Waals surface area contributed by atoms with Gasteiger partial charge in [-0.25, -0.2) is 0 Å². The Labute approximate surface area is 106 Å². The van der Waals surface area contributed by atoms with Crippen LogP contribution in [0.5, 0.6) is 0 Å². The summed E-state index contributed by atoms with van der Waals surface area (Å²) in [5.41, 5.74) is 2.81. The quantitative estimate of drug-likeness (QED) is 0.726. The Balaban J connectivity index is 2.93. The molecule has 0 aliphatic heterocycles. The fourth-order valence-electron chi connectivity index (χ4n) is 2.31. The van der Waals surface area contributed by atoms with E-state index < -0.39 is 0 Å². The number of benzene rings is 1. The maximum atomic E-state index is 3.59. The molecule has 2 unspecified atom stereocenters. The van der Waals surface area contributed by atoms with Crippen molar-refractivity contribution in [1.29, 1.82) is 0 Å². The highest BCUT2D eigenvalue weighted by Crippen LogP contribution is 2.24. The van der Waals surface area contributed by atoms with Gasteiger partial charge in [-0.05, 0) is 32.4 Å². The van der Waals surface area contributed by atoms with Crippen molar-refractivity contribution in [3.8, 4) is 0 Å². The number of allylic oxidation sites excluding steroid dienone is 1. The smallest absolute Gasteiger partial charge is 0.0321 e. The van der Waals surface area contributed by atoms with Crippen LogP contribution in [-0.4, -0.2) is 12.6 Å². The predicted octanol–water partition coefficient (Wildman–Crippen LogP) is 4.12. The average molecular weight is 231 g/mol. The number of hydrogen-bond donors (Lipinski definition) is 1. The second kappa shape index (κ2) is 7.29.